The number of hydrogen-bond acceptors (Lipinski definition) is 5. The molecule has 1 aromatic carbocycles. The predicted octanol–water partition coefficient (Wildman–Crippen LogP) is 1.64. The van der Waals surface area contributed by atoms with Crippen LogP contribution in [0.4, 0.5) is 5.95 Å². The van der Waals surface area contributed by atoms with Gasteiger partial charge in [0.05, 0.1) is 18.8 Å². The number of rotatable bonds is 4. The lowest BCUT2D eigenvalue weighted by Crippen LogP contribution is -1.94. The predicted molar refractivity (Wildman–Crippen MR) is 62.4 cm³/mol. The molecule has 1 heterocycles. The molecule has 7 heteroatoms. The smallest absolute Gasteiger partial charge is 0.119 e. The summed E-state index contributed by atoms with van der Waals surface area (Å²) in [6, 6.07) is 7.56. The molecule has 7 nitrogen and oxygen atoms in total. The standard InChI is InChI=1S/C10H11N6O/c1-7(11-12-10-13-15-16-14-10)8-4-3-5-9(6-8)17-2/h3-6H,1-2H3,(H-,12,13,14,15,16)/q-1/b11-7-. The lowest BCUT2D eigenvalue weighted by Gasteiger charge is -2.05. The number of ether oxygens (including phenoxy) is 1. The van der Waals surface area contributed by atoms with Gasteiger partial charge < -0.3 is 4.74 Å². The van der Waals surface area contributed by atoms with Crippen molar-refractivity contribution in [2.75, 3.05) is 7.11 Å². The van der Waals surface area contributed by atoms with Gasteiger partial charge in [0, 0.05) is 0 Å². The van der Waals surface area contributed by atoms with E-state index in [1.54, 1.807) is 7.11 Å². The number of aromatic nitrogens is 4. The number of aromatic amines is 1. The van der Waals surface area contributed by atoms with E-state index >= 15 is 0 Å². The van der Waals surface area contributed by atoms with Crippen molar-refractivity contribution in [3.63, 3.8) is 0 Å². The van der Waals surface area contributed by atoms with E-state index in [9.17, 15) is 0 Å². The highest BCUT2D eigenvalue weighted by molar-refractivity contribution is 5.99. The quantitative estimate of drug-likeness (QED) is 0.639. The monoisotopic (exact) mass is 231 g/mol. The molecular formula is C10H11N6O-. The van der Waals surface area contributed by atoms with Gasteiger partial charge in [-0.15, -0.1) is 5.21 Å². The van der Waals surface area contributed by atoms with Gasteiger partial charge in [-0.3, -0.25) is 20.8 Å². The highest BCUT2D eigenvalue weighted by Crippen LogP contribution is 2.15. The van der Waals surface area contributed by atoms with Gasteiger partial charge in [0.2, 0.25) is 0 Å². The lowest BCUT2D eigenvalue weighted by molar-refractivity contribution is 0.414. The van der Waals surface area contributed by atoms with E-state index in [0.29, 0.717) is 0 Å². The number of nitrogens with one attached hydrogen (secondary N) is 1. The van der Waals surface area contributed by atoms with Crippen LogP contribution in [0.15, 0.2) is 29.4 Å². The van der Waals surface area contributed by atoms with Crippen LogP contribution in [0, 0.1) is 0 Å². The number of H-pyrrole nitrogens is 1. The molecule has 0 atom stereocenters. The average molecular weight is 231 g/mol. The van der Waals surface area contributed by atoms with Gasteiger partial charge in [0.15, 0.2) is 0 Å². The topological polar surface area (TPSA) is 90.1 Å². The molecule has 0 saturated heterocycles. The summed E-state index contributed by atoms with van der Waals surface area (Å²) in [5, 5.41) is 17.0. The van der Waals surface area contributed by atoms with Crippen molar-refractivity contribution in [3.05, 3.63) is 35.3 Å². The number of benzene rings is 1. The summed E-state index contributed by atoms with van der Waals surface area (Å²) in [6.07, 6.45) is 0. The van der Waals surface area contributed by atoms with Crippen LogP contribution in [-0.4, -0.2) is 33.4 Å². The molecular weight excluding hydrogens is 220 g/mol. The maximum Gasteiger partial charge on any atom is 0.119 e. The van der Waals surface area contributed by atoms with Crippen LogP contribution in [0.2, 0.25) is 0 Å². The molecule has 2 rings (SSSR count). The highest BCUT2D eigenvalue weighted by atomic mass is 16.5. The first-order valence-corrected chi connectivity index (χ1v) is 4.93. The molecule has 88 valence electrons. The van der Waals surface area contributed by atoms with Crippen molar-refractivity contribution in [2.45, 2.75) is 6.92 Å². The average Bonchev–Trinajstić information content (AvgIpc) is 2.89. The maximum atomic E-state index is 5.13. The van der Waals surface area contributed by atoms with E-state index in [2.05, 4.69) is 31.2 Å². The first kappa shape index (κ1) is 11.1. The Balaban J connectivity index is 2.12. The minimum absolute atomic E-state index is 0.201. The van der Waals surface area contributed by atoms with Gasteiger partial charge in [-0.1, -0.05) is 12.1 Å². The maximum absolute atomic E-state index is 5.13. The summed E-state index contributed by atoms with van der Waals surface area (Å²) in [7, 11) is 1.62. The van der Waals surface area contributed by atoms with Crippen LogP contribution < -0.4 is 4.74 Å². The van der Waals surface area contributed by atoms with Crippen LogP contribution >= 0.6 is 0 Å². The molecule has 17 heavy (non-hydrogen) atoms. The summed E-state index contributed by atoms with van der Waals surface area (Å²) >= 11 is 0. The van der Waals surface area contributed by atoms with E-state index in [4.69, 9.17) is 4.74 Å². The van der Waals surface area contributed by atoms with Crippen LogP contribution in [0.25, 0.3) is 5.43 Å². The molecule has 0 unspecified atom stereocenters. The first-order valence-electron chi connectivity index (χ1n) is 4.93. The van der Waals surface area contributed by atoms with Gasteiger partial charge in [-0.05, 0) is 24.6 Å². The summed E-state index contributed by atoms with van der Waals surface area (Å²) in [5.74, 6) is 0.976. The van der Waals surface area contributed by atoms with E-state index in [-0.39, 0.29) is 5.95 Å². The molecule has 0 aliphatic carbocycles. The van der Waals surface area contributed by atoms with Gasteiger partial charge in [-0.25, -0.2) is 5.10 Å². The van der Waals surface area contributed by atoms with Gasteiger partial charge in [0.25, 0.3) is 0 Å². The van der Waals surface area contributed by atoms with Gasteiger partial charge in [0.1, 0.15) is 5.75 Å². The molecule has 0 fully saturated rings. The first-order chi connectivity index (χ1) is 8.29. The SMILES string of the molecule is COc1cccc(/C(C)=N\[N-]c2nn[nH]n2)c1. The molecule has 0 bridgehead atoms. The third-order valence-corrected chi connectivity index (χ3v) is 2.11. The van der Waals surface area contributed by atoms with E-state index in [1.165, 1.54) is 0 Å². The Morgan fingerprint density at radius 1 is 1.47 bits per heavy atom. The van der Waals surface area contributed by atoms with Crippen LogP contribution in [0.3, 0.4) is 0 Å². The van der Waals surface area contributed by atoms with Crippen molar-refractivity contribution in [1.29, 1.82) is 0 Å². The van der Waals surface area contributed by atoms with Gasteiger partial charge >= 0.3 is 0 Å². The van der Waals surface area contributed by atoms with E-state index in [0.717, 1.165) is 17.0 Å². The second-order valence-electron chi connectivity index (χ2n) is 3.23. The third kappa shape index (κ3) is 2.77. The molecule has 0 saturated carbocycles. The summed E-state index contributed by atoms with van der Waals surface area (Å²) < 4.78 is 5.13. The molecule has 0 amide bonds. The van der Waals surface area contributed by atoms with Crippen molar-refractivity contribution < 1.29 is 4.74 Å². The minimum atomic E-state index is 0.201. The molecule has 1 aromatic heterocycles. The number of tetrazole rings is 1. The Bertz CT molecular complexity index is 507. The van der Waals surface area contributed by atoms with Crippen LogP contribution in [0.5, 0.6) is 5.75 Å². The Labute approximate surface area is 97.9 Å². The second kappa shape index (κ2) is 5.06. The fourth-order valence-corrected chi connectivity index (χ4v) is 1.22. The Morgan fingerprint density at radius 2 is 2.35 bits per heavy atom. The Morgan fingerprint density at radius 3 is 3.06 bits per heavy atom. The number of methoxy groups -OCH3 is 1. The summed E-state index contributed by atoms with van der Waals surface area (Å²) in [5.41, 5.74) is 5.50. The summed E-state index contributed by atoms with van der Waals surface area (Å²) in [4.78, 5) is 0. The van der Waals surface area contributed by atoms with Crippen LogP contribution in [-0.2, 0) is 0 Å². The van der Waals surface area contributed by atoms with E-state index in [1.807, 2.05) is 31.2 Å². The zero-order valence-electron chi connectivity index (χ0n) is 9.45. The summed E-state index contributed by atoms with van der Waals surface area (Å²) in [6.45, 7) is 1.85. The van der Waals surface area contributed by atoms with Crippen molar-refractivity contribution in [3.8, 4) is 5.75 Å². The zero-order valence-corrected chi connectivity index (χ0v) is 9.45. The molecule has 1 N–H and O–H groups in total. The molecule has 0 aliphatic rings. The largest absolute Gasteiger partial charge is 0.497 e. The Kier molecular flexibility index (Phi) is 3.29. The second-order valence-corrected chi connectivity index (χ2v) is 3.23. The number of nitrogens with zero attached hydrogens (tertiary/aromatic N) is 5. The third-order valence-electron chi connectivity index (χ3n) is 2.11. The fourth-order valence-electron chi connectivity index (χ4n) is 1.22. The minimum Gasteiger partial charge on any atom is -0.497 e. The van der Waals surface area contributed by atoms with Gasteiger partial charge in [-0.2, -0.15) is 0 Å². The normalized spacial score (nSPS) is 11.3. The van der Waals surface area contributed by atoms with E-state index < -0.39 is 0 Å². The number of hydrogen-bond donors (Lipinski definition) is 1. The molecule has 0 spiro atoms. The molecule has 0 aliphatic heterocycles. The van der Waals surface area contributed by atoms with Crippen LogP contribution in [0.1, 0.15) is 12.5 Å². The molecule has 0 radical (unpaired) electrons. The fraction of sp³-hybridized carbons (Fsp3) is 0.200. The molecule has 2 aromatic rings. The highest BCUT2D eigenvalue weighted by Gasteiger charge is 1.98. The zero-order chi connectivity index (χ0) is 12.1. The Hall–Kier alpha value is -2.44. The van der Waals surface area contributed by atoms with Crippen molar-refractivity contribution >= 4 is 11.7 Å². The van der Waals surface area contributed by atoms with Crippen molar-refractivity contribution in [2.24, 2.45) is 5.10 Å². The lowest BCUT2D eigenvalue weighted by atomic mass is 10.1. The van der Waals surface area contributed by atoms with Crippen molar-refractivity contribution in [1.82, 2.24) is 20.6 Å².